The Morgan fingerprint density at radius 1 is 1.25 bits per heavy atom. The van der Waals surface area contributed by atoms with Crippen LogP contribution in [-0.2, 0) is 4.79 Å². The third-order valence-corrected chi connectivity index (χ3v) is 3.28. The van der Waals surface area contributed by atoms with Gasteiger partial charge in [-0.1, -0.05) is 31.9 Å². The fourth-order valence-corrected chi connectivity index (χ4v) is 2.16. The highest BCUT2D eigenvalue weighted by atomic mass is 16.2. The minimum Gasteiger partial charge on any atom is -0.321 e. The van der Waals surface area contributed by atoms with Crippen molar-refractivity contribution in [1.82, 2.24) is 4.98 Å². The highest BCUT2D eigenvalue weighted by Gasteiger charge is 2.07. The lowest BCUT2D eigenvalue weighted by Crippen LogP contribution is -2.19. The Morgan fingerprint density at radius 2 is 2.05 bits per heavy atom. The predicted molar refractivity (Wildman–Crippen MR) is 82.1 cm³/mol. The van der Waals surface area contributed by atoms with Gasteiger partial charge in [0.05, 0.1) is 0 Å². The molecule has 0 fully saturated rings. The molecule has 2 aromatic rings. The molecule has 1 aromatic carbocycles. The topological polar surface area (TPSA) is 62.0 Å². The zero-order valence-electron chi connectivity index (χ0n) is 12.0. The standard InChI is InChI=1S/C16H20N2O2/c1-3-4-5-6-15(19)17-14-10-12-8-7-11(2)9-13(12)18-16(14)20/h7-10H,3-6H2,1-2H3,(H,17,19)(H,18,20). The van der Waals surface area contributed by atoms with Gasteiger partial charge in [-0.25, -0.2) is 0 Å². The molecule has 4 nitrogen and oxygen atoms in total. The van der Waals surface area contributed by atoms with E-state index in [1.807, 2.05) is 25.1 Å². The van der Waals surface area contributed by atoms with Gasteiger partial charge in [-0.2, -0.15) is 0 Å². The molecule has 0 unspecified atom stereocenters. The van der Waals surface area contributed by atoms with Gasteiger partial charge in [-0.15, -0.1) is 0 Å². The second kappa shape index (κ2) is 6.37. The summed E-state index contributed by atoms with van der Waals surface area (Å²) in [6.45, 7) is 4.06. The summed E-state index contributed by atoms with van der Waals surface area (Å²) in [6.07, 6.45) is 3.41. The highest BCUT2D eigenvalue weighted by molar-refractivity contribution is 5.93. The van der Waals surface area contributed by atoms with Crippen LogP contribution >= 0.6 is 0 Å². The summed E-state index contributed by atoms with van der Waals surface area (Å²) in [5.74, 6) is -0.101. The lowest BCUT2D eigenvalue weighted by atomic mass is 10.1. The van der Waals surface area contributed by atoms with E-state index in [1.165, 1.54) is 0 Å². The molecule has 0 spiro atoms. The molecule has 20 heavy (non-hydrogen) atoms. The van der Waals surface area contributed by atoms with E-state index in [0.29, 0.717) is 12.1 Å². The van der Waals surface area contributed by atoms with Gasteiger partial charge in [0.25, 0.3) is 5.56 Å². The molecule has 4 heteroatoms. The van der Waals surface area contributed by atoms with Gasteiger partial charge in [0.15, 0.2) is 0 Å². The molecule has 0 radical (unpaired) electrons. The molecule has 1 aromatic heterocycles. The second-order valence-corrected chi connectivity index (χ2v) is 5.11. The Balaban J connectivity index is 2.18. The van der Waals surface area contributed by atoms with Crippen molar-refractivity contribution in [2.24, 2.45) is 0 Å². The first kappa shape index (κ1) is 14.3. The minimum absolute atomic E-state index is 0.101. The molecule has 0 saturated heterocycles. The Hall–Kier alpha value is -2.10. The van der Waals surface area contributed by atoms with Crippen LogP contribution in [0.1, 0.15) is 38.2 Å². The summed E-state index contributed by atoms with van der Waals surface area (Å²) >= 11 is 0. The maximum atomic E-state index is 11.9. The number of aromatic amines is 1. The SMILES string of the molecule is CCCCCC(=O)Nc1cc2ccc(C)cc2[nH]c1=O. The van der Waals surface area contributed by atoms with E-state index in [2.05, 4.69) is 17.2 Å². The van der Waals surface area contributed by atoms with E-state index in [9.17, 15) is 9.59 Å². The van der Waals surface area contributed by atoms with Crippen LogP contribution in [0.5, 0.6) is 0 Å². The third-order valence-electron chi connectivity index (χ3n) is 3.28. The number of fused-ring (bicyclic) bond motifs is 1. The van der Waals surface area contributed by atoms with Crippen molar-refractivity contribution in [3.63, 3.8) is 0 Å². The van der Waals surface area contributed by atoms with Crippen LogP contribution in [0, 0.1) is 6.92 Å². The lowest BCUT2D eigenvalue weighted by Gasteiger charge is -2.06. The normalized spacial score (nSPS) is 10.7. The number of anilines is 1. The highest BCUT2D eigenvalue weighted by Crippen LogP contribution is 2.15. The van der Waals surface area contributed by atoms with Crippen molar-refractivity contribution in [3.05, 3.63) is 40.2 Å². The molecular formula is C16H20N2O2. The number of aryl methyl sites for hydroxylation is 1. The predicted octanol–water partition coefficient (Wildman–Crippen LogP) is 3.36. The summed E-state index contributed by atoms with van der Waals surface area (Å²) in [6, 6.07) is 7.57. The molecule has 1 amide bonds. The van der Waals surface area contributed by atoms with Gasteiger partial charge in [-0.05, 0) is 31.0 Å². The number of carbonyl (C=O) groups excluding carboxylic acids is 1. The number of carbonyl (C=O) groups is 1. The van der Waals surface area contributed by atoms with E-state index in [1.54, 1.807) is 6.07 Å². The summed E-state index contributed by atoms with van der Waals surface area (Å²) in [4.78, 5) is 26.5. The molecule has 2 N–H and O–H groups in total. The molecule has 0 aliphatic rings. The number of aromatic nitrogens is 1. The lowest BCUT2D eigenvalue weighted by molar-refractivity contribution is -0.116. The number of nitrogens with one attached hydrogen (secondary N) is 2. The number of rotatable bonds is 5. The Labute approximate surface area is 118 Å². The van der Waals surface area contributed by atoms with Crippen LogP contribution < -0.4 is 10.9 Å². The molecule has 106 valence electrons. The Bertz CT molecular complexity index is 674. The van der Waals surface area contributed by atoms with Crippen LogP contribution in [0.4, 0.5) is 5.69 Å². The molecule has 0 aliphatic heterocycles. The summed E-state index contributed by atoms with van der Waals surface area (Å²) < 4.78 is 0. The van der Waals surface area contributed by atoms with Gasteiger partial charge in [0, 0.05) is 17.3 Å². The largest absolute Gasteiger partial charge is 0.321 e. The van der Waals surface area contributed by atoms with Crippen molar-refractivity contribution in [2.45, 2.75) is 39.5 Å². The fraction of sp³-hybridized carbons (Fsp3) is 0.375. The summed E-state index contributed by atoms with van der Waals surface area (Å²) in [7, 11) is 0. The number of hydrogen-bond acceptors (Lipinski definition) is 2. The first-order valence-corrected chi connectivity index (χ1v) is 7.03. The van der Waals surface area contributed by atoms with Gasteiger partial charge >= 0.3 is 0 Å². The van der Waals surface area contributed by atoms with E-state index in [-0.39, 0.29) is 11.5 Å². The Morgan fingerprint density at radius 3 is 2.80 bits per heavy atom. The number of benzene rings is 1. The summed E-state index contributed by atoms with van der Waals surface area (Å²) in [5, 5.41) is 3.61. The van der Waals surface area contributed by atoms with E-state index in [4.69, 9.17) is 0 Å². The molecule has 0 aliphatic carbocycles. The first-order valence-electron chi connectivity index (χ1n) is 7.03. The van der Waals surface area contributed by atoms with Crippen molar-refractivity contribution >= 4 is 22.5 Å². The molecule has 0 saturated carbocycles. The average molecular weight is 272 g/mol. The second-order valence-electron chi connectivity index (χ2n) is 5.11. The maximum absolute atomic E-state index is 11.9. The van der Waals surface area contributed by atoms with Crippen molar-refractivity contribution in [3.8, 4) is 0 Å². The quantitative estimate of drug-likeness (QED) is 0.820. The van der Waals surface area contributed by atoms with E-state index >= 15 is 0 Å². The number of hydrogen-bond donors (Lipinski definition) is 2. The maximum Gasteiger partial charge on any atom is 0.272 e. The molecular weight excluding hydrogens is 252 g/mol. The zero-order valence-corrected chi connectivity index (χ0v) is 12.0. The smallest absolute Gasteiger partial charge is 0.272 e. The number of H-pyrrole nitrogens is 1. The monoisotopic (exact) mass is 272 g/mol. The van der Waals surface area contributed by atoms with Crippen LogP contribution in [0.3, 0.4) is 0 Å². The van der Waals surface area contributed by atoms with Crippen LogP contribution in [-0.4, -0.2) is 10.9 Å². The van der Waals surface area contributed by atoms with Gasteiger partial charge in [0.1, 0.15) is 5.69 Å². The fourth-order valence-electron chi connectivity index (χ4n) is 2.16. The van der Waals surface area contributed by atoms with Gasteiger partial charge in [-0.3, -0.25) is 9.59 Å². The Kier molecular flexibility index (Phi) is 4.56. The average Bonchev–Trinajstić information content (AvgIpc) is 2.40. The van der Waals surface area contributed by atoms with Gasteiger partial charge in [0.2, 0.25) is 5.91 Å². The zero-order chi connectivity index (χ0) is 14.5. The van der Waals surface area contributed by atoms with Crippen molar-refractivity contribution in [1.29, 1.82) is 0 Å². The third kappa shape index (κ3) is 3.47. The number of amides is 1. The van der Waals surface area contributed by atoms with Crippen LogP contribution in [0.25, 0.3) is 10.9 Å². The number of pyridine rings is 1. The molecule has 2 rings (SSSR count). The van der Waals surface area contributed by atoms with Gasteiger partial charge < -0.3 is 10.3 Å². The van der Waals surface area contributed by atoms with E-state index in [0.717, 1.165) is 35.7 Å². The first-order chi connectivity index (χ1) is 9.60. The minimum atomic E-state index is -0.257. The van der Waals surface area contributed by atoms with Crippen molar-refractivity contribution in [2.75, 3.05) is 5.32 Å². The van der Waals surface area contributed by atoms with Crippen LogP contribution in [0.2, 0.25) is 0 Å². The molecule has 0 atom stereocenters. The number of unbranched alkanes of at least 4 members (excludes halogenated alkanes) is 2. The van der Waals surface area contributed by atoms with E-state index < -0.39 is 0 Å². The van der Waals surface area contributed by atoms with Crippen LogP contribution in [0.15, 0.2) is 29.1 Å². The molecule has 1 heterocycles. The molecule has 0 bridgehead atoms. The van der Waals surface area contributed by atoms with Crippen molar-refractivity contribution < 1.29 is 4.79 Å². The summed E-state index contributed by atoms with van der Waals surface area (Å²) in [5.41, 5.74) is 1.94.